The number of ether oxygens (including phenoxy) is 2. The molecule has 1 amide bonds. The normalized spacial score (nSPS) is 17.6. The molecule has 1 fully saturated rings. The molecule has 5 nitrogen and oxygen atoms in total. The number of nitrogens with one attached hydrogen (secondary N) is 1. The van der Waals surface area contributed by atoms with E-state index in [9.17, 15) is 9.59 Å². The van der Waals surface area contributed by atoms with Gasteiger partial charge >= 0.3 is 5.97 Å². The van der Waals surface area contributed by atoms with Crippen LogP contribution in [0.1, 0.15) is 35.2 Å². The van der Waals surface area contributed by atoms with Crippen molar-refractivity contribution in [3.8, 4) is 16.9 Å². The van der Waals surface area contributed by atoms with Crippen LogP contribution in [0.2, 0.25) is 5.02 Å². The lowest BCUT2D eigenvalue weighted by Crippen LogP contribution is -2.34. The highest BCUT2D eigenvalue weighted by atomic mass is 35.5. The molecule has 0 saturated heterocycles. The van der Waals surface area contributed by atoms with Crippen LogP contribution in [0.3, 0.4) is 0 Å². The monoisotopic (exact) mass is 399 g/mol. The van der Waals surface area contributed by atoms with Crippen molar-refractivity contribution in [1.82, 2.24) is 5.32 Å². The van der Waals surface area contributed by atoms with Crippen molar-refractivity contribution in [1.29, 1.82) is 0 Å². The van der Waals surface area contributed by atoms with Crippen LogP contribution in [0, 0.1) is 5.92 Å². The van der Waals surface area contributed by atoms with E-state index in [1.165, 1.54) is 7.11 Å². The fourth-order valence-corrected chi connectivity index (χ4v) is 3.75. The van der Waals surface area contributed by atoms with Gasteiger partial charge in [0.05, 0.1) is 19.2 Å². The summed E-state index contributed by atoms with van der Waals surface area (Å²) in [6.07, 6.45) is 3.53. The predicted octanol–water partition coefficient (Wildman–Crippen LogP) is 4.01. The van der Waals surface area contributed by atoms with Crippen LogP contribution in [0.25, 0.3) is 11.1 Å². The van der Waals surface area contributed by atoms with Crippen LogP contribution in [0.4, 0.5) is 0 Å². The Morgan fingerprint density at radius 3 is 2.64 bits per heavy atom. The maximum atomic E-state index is 12.0. The number of halogens is 1. The molecule has 2 aromatic carbocycles. The third-order valence-electron chi connectivity index (χ3n) is 5.18. The Kier molecular flexibility index (Phi) is 5.27. The van der Waals surface area contributed by atoms with Gasteiger partial charge in [-0.05, 0) is 48.6 Å². The van der Waals surface area contributed by atoms with Crippen LogP contribution in [-0.2, 0) is 16.0 Å². The first-order valence-corrected chi connectivity index (χ1v) is 9.86. The SMILES string of the molecule is COC(=O)c1ccc(-c2cc(Cl)cc3c2O[C@@H](CNC(=O)CC2CC2)C3)cc1. The first-order chi connectivity index (χ1) is 13.5. The summed E-state index contributed by atoms with van der Waals surface area (Å²) in [6, 6.07) is 10.9. The van der Waals surface area contributed by atoms with Crippen molar-refractivity contribution in [2.75, 3.05) is 13.7 Å². The van der Waals surface area contributed by atoms with Crippen LogP contribution in [0.15, 0.2) is 36.4 Å². The number of fused-ring (bicyclic) bond motifs is 1. The number of carbonyl (C=O) groups is 2. The molecular formula is C22H22ClNO4. The molecule has 28 heavy (non-hydrogen) atoms. The van der Waals surface area contributed by atoms with Gasteiger partial charge in [-0.15, -0.1) is 0 Å². The van der Waals surface area contributed by atoms with Crippen molar-refractivity contribution in [3.05, 3.63) is 52.5 Å². The van der Waals surface area contributed by atoms with E-state index in [1.54, 1.807) is 12.1 Å². The summed E-state index contributed by atoms with van der Waals surface area (Å²) in [6.45, 7) is 0.485. The smallest absolute Gasteiger partial charge is 0.337 e. The van der Waals surface area contributed by atoms with Gasteiger partial charge in [0.1, 0.15) is 11.9 Å². The first kappa shape index (κ1) is 18.8. The van der Waals surface area contributed by atoms with Gasteiger partial charge in [-0.1, -0.05) is 23.7 Å². The average molecular weight is 400 g/mol. The third kappa shape index (κ3) is 4.14. The summed E-state index contributed by atoms with van der Waals surface area (Å²) in [7, 11) is 1.36. The molecule has 4 rings (SSSR count). The number of esters is 1. The zero-order chi connectivity index (χ0) is 19.7. The molecule has 146 valence electrons. The van der Waals surface area contributed by atoms with Crippen molar-refractivity contribution >= 4 is 23.5 Å². The summed E-state index contributed by atoms with van der Waals surface area (Å²) >= 11 is 6.32. The Morgan fingerprint density at radius 1 is 1.21 bits per heavy atom. The van der Waals surface area contributed by atoms with Gasteiger partial charge in [0.15, 0.2) is 0 Å². The molecule has 6 heteroatoms. The highest BCUT2D eigenvalue weighted by Crippen LogP contribution is 2.41. The second-order valence-electron chi connectivity index (χ2n) is 7.41. The van der Waals surface area contributed by atoms with E-state index >= 15 is 0 Å². The lowest BCUT2D eigenvalue weighted by Gasteiger charge is -2.14. The predicted molar refractivity (Wildman–Crippen MR) is 107 cm³/mol. The Labute approximate surface area is 169 Å². The fraction of sp³-hybridized carbons (Fsp3) is 0.364. The zero-order valence-corrected chi connectivity index (χ0v) is 16.4. The van der Waals surface area contributed by atoms with Gasteiger partial charge in [0, 0.05) is 29.0 Å². The van der Waals surface area contributed by atoms with Gasteiger partial charge in [-0.3, -0.25) is 4.79 Å². The minimum absolute atomic E-state index is 0.0960. The van der Waals surface area contributed by atoms with E-state index in [1.807, 2.05) is 24.3 Å². The molecule has 0 spiro atoms. The molecule has 1 atom stereocenters. The number of hydrogen-bond donors (Lipinski definition) is 1. The quantitative estimate of drug-likeness (QED) is 0.745. The third-order valence-corrected chi connectivity index (χ3v) is 5.40. The topological polar surface area (TPSA) is 64.6 Å². The molecule has 1 N–H and O–H groups in total. The maximum Gasteiger partial charge on any atom is 0.337 e. The lowest BCUT2D eigenvalue weighted by atomic mass is 9.99. The van der Waals surface area contributed by atoms with Crippen molar-refractivity contribution < 1.29 is 19.1 Å². The van der Waals surface area contributed by atoms with Gasteiger partial charge in [-0.25, -0.2) is 4.79 Å². The molecule has 2 aromatic rings. The number of amides is 1. The van der Waals surface area contributed by atoms with E-state index in [0.29, 0.717) is 35.9 Å². The number of rotatable bonds is 6. The summed E-state index contributed by atoms with van der Waals surface area (Å²) in [4.78, 5) is 23.6. The number of hydrogen-bond acceptors (Lipinski definition) is 4. The number of methoxy groups -OCH3 is 1. The first-order valence-electron chi connectivity index (χ1n) is 9.48. The van der Waals surface area contributed by atoms with Crippen molar-refractivity contribution in [2.45, 2.75) is 31.8 Å². The Bertz CT molecular complexity index is 905. The Balaban J connectivity index is 1.49. The summed E-state index contributed by atoms with van der Waals surface area (Å²) < 4.78 is 10.9. The Hall–Kier alpha value is -2.53. The molecule has 2 aliphatic rings. The second kappa shape index (κ2) is 7.84. The lowest BCUT2D eigenvalue weighted by molar-refractivity contribution is -0.121. The number of carbonyl (C=O) groups excluding carboxylic acids is 2. The highest BCUT2D eigenvalue weighted by molar-refractivity contribution is 6.31. The van der Waals surface area contributed by atoms with E-state index < -0.39 is 0 Å². The molecule has 1 saturated carbocycles. The molecule has 0 bridgehead atoms. The molecular weight excluding hydrogens is 378 g/mol. The minimum Gasteiger partial charge on any atom is -0.487 e. The zero-order valence-electron chi connectivity index (χ0n) is 15.7. The van der Waals surface area contributed by atoms with E-state index in [2.05, 4.69) is 5.32 Å². The minimum atomic E-state index is -0.374. The molecule has 1 aliphatic carbocycles. The molecule has 0 radical (unpaired) electrons. The van der Waals surface area contributed by atoms with E-state index in [0.717, 1.165) is 35.3 Å². The molecule has 0 aromatic heterocycles. The van der Waals surface area contributed by atoms with Crippen molar-refractivity contribution in [2.24, 2.45) is 5.92 Å². The summed E-state index contributed by atoms with van der Waals surface area (Å²) in [5, 5.41) is 3.61. The Morgan fingerprint density at radius 2 is 1.96 bits per heavy atom. The van der Waals surface area contributed by atoms with Crippen LogP contribution in [-0.4, -0.2) is 31.6 Å². The maximum absolute atomic E-state index is 12.0. The summed E-state index contributed by atoms with van der Waals surface area (Å²) in [5.41, 5.74) is 3.30. The van der Waals surface area contributed by atoms with Gasteiger partial charge in [0.25, 0.3) is 0 Å². The van der Waals surface area contributed by atoms with Gasteiger partial charge < -0.3 is 14.8 Å². The standard InChI is InChI=1S/C22H22ClNO4/c1-27-22(26)15-6-4-14(5-7-15)19-11-17(23)9-16-10-18(28-21(16)19)12-24-20(25)8-13-2-3-13/h4-7,9,11,13,18H,2-3,8,10,12H2,1H3,(H,24,25)/t18-/m1/s1. The van der Waals surface area contributed by atoms with Crippen molar-refractivity contribution in [3.63, 3.8) is 0 Å². The second-order valence-corrected chi connectivity index (χ2v) is 7.84. The van der Waals surface area contributed by atoms with Crippen LogP contribution >= 0.6 is 11.6 Å². The molecule has 1 aliphatic heterocycles. The average Bonchev–Trinajstić information content (AvgIpc) is 3.41. The van der Waals surface area contributed by atoms with E-state index in [-0.39, 0.29) is 18.0 Å². The van der Waals surface area contributed by atoms with Crippen LogP contribution < -0.4 is 10.1 Å². The van der Waals surface area contributed by atoms with Gasteiger partial charge in [0.2, 0.25) is 5.91 Å². The molecule has 1 heterocycles. The largest absolute Gasteiger partial charge is 0.487 e. The van der Waals surface area contributed by atoms with Gasteiger partial charge in [-0.2, -0.15) is 0 Å². The highest BCUT2D eigenvalue weighted by Gasteiger charge is 2.28. The molecule has 0 unspecified atom stereocenters. The fourth-order valence-electron chi connectivity index (χ4n) is 3.51. The summed E-state index contributed by atoms with van der Waals surface area (Å²) in [5.74, 6) is 1.08. The van der Waals surface area contributed by atoms with Crippen LogP contribution in [0.5, 0.6) is 5.75 Å². The van der Waals surface area contributed by atoms with E-state index in [4.69, 9.17) is 21.1 Å². The number of benzene rings is 2.